The van der Waals surface area contributed by atoms with Crippen molar-refractivity contribution >= 4 is 23.8 Å². The van der Waals surface area contributed by atoms with Crippen molar-refractivity contribution in [2.24, 2.45) is 5.92 Å². The van der Waals surface area contributed by atoms with E-state index in [1.54, 1.807) is 18.2 Å². The van der Waals surface area contributed by atoms with Crippen molar-refractivity contribution in [3.05, 3.63) is 53.7 Å². The van der Waals surface area contributed by atoms with Crippen molar-refractivity contribution in [1.29, 1.82) is 0 Å². The highest BCUT2D eigenvalue weighted by Gasteiger charge is 2.33. The number of benzene rings is 1. The van der Waals surface area contributed by atoms with Crippen molar-refractivity contribution in [2.75, 3.05) is 24.5 Å². The molecule has 1 fully saturated rings. The van der Waals surface area contributed by atoms with Crippen LogP contribution >= 0.6 is 0 Å². The van der Waals surface area contributed by atoms with Crippen LogP contribution < -0.4 is 10.2 Å². The number of piperidine rings is 1. The molecule has 1 N–H and O–H groups in total. The zero-order valence-corrected chi connectivity index (χ0v) is 19.4. The summed E-state index contributed by atoms with van der Waals surface area (Å²) >= 11 is 0. The molecular weight excluding hydrogens is 445 g/mol. The molecule has 0 radical (unpaired) electrons. The number of likely N-dealkylation sites (tertiary alicyclic amines) is 1. The van der Waals surface area contributed by atoms with Crippen LogP contribution in [0, 0.1) is 5.92 Å². The van der Waals surface area contributed by atoms with Crippen LogP contribution in [0.15, 0.2) is 42.5 Å². The minimum atomic E-state index is -4.59. The van der Waals surface area contributed by atoms with Crippen LogP contribution in [0.2, 0.25) is 0 Å². The molecule has 0 bridgehead atoms. The van der Waals surface area contributed by atoms with Gasteiger partial charge in [-0.25, -0.2) is 4.98 Å². The summed E-state index contributed by atoms with van der Waals surface area (Å²) in [6, 6.07) is 10.6. The second-order valence-electron chi connectivity index (χ2n) is 8.57. The van der Waals surface area contributed by atoms with Gasteiger partial charge in [0.25, 0.3) is 0 Å². The smallest absolute Gasteiger partial charge is 0.356 e. The molecule has 0 atom stereocenters. The van der Waals surface area contributed by atoms with Crippen molar-refractivity contribution in [1.82, 2.24) is 15.2 Å². The van der Waals surface area contributed by atoms with E-state index in [0.717, 1.165) is 68.3 Å². The summed E-state index contributed by atoms with van der Waals surface area (Å²) in [5.41, 5.74) is 0.324. The molecule has 0 aliphatic carbocycles. The van der Waals surface area contributed by atoms with E-state index < -0.39 is 11.9 Å². The van der Waals surface area contributed by atoms with Gasteiger partial charge >= 0.3 is 6.18 Å². The molecule has 1 aliphatic rings. The Kier molecular flexibility index (Phi) is 9.04. The lowest BCUT2D eigenvalue weighted by molar-refractivity contribution is -0.141. The summed E-state index contributed by atoms with van der Waals surface area (Å²) in [4.78, 5) is 31.1. The predicted octanol–water partition coefficient (Wildman–Crippen LogP) is 4.91. The number of amides is 2. The van der Waals surface area contributed by atoms with Gasteiger partial charge in [0.05, 0.1) is 5.69 Å². The Morgan fingerprint density at radius 1 is 1.18 bits per heavy atom. The van der Waals surface area contributed by atoms with Gasteiger partial charge in [-0.05, 0) is 62.2 Å². The standard InChI is InChI=1S/C25H31F3N4O2/c1-2-3-4-13-29-24(34)20-11-14-31(15-12-20)17-19-7-5-8-21(16-19)32(18-33)23-10-6-9-22(30-23)25(26,27)28/h5-10,16,18,20H,2-4,11-15,17H2,1H3,(H,29,34). The molecule has 1 saturated heterocycles. The fourth-order valence-corrected chi connectivity index (χ4v) is 4.11. The summed E-state index contributed by atoms with van der Waals surface area (Å²) in [7, 11) is 0. The van der Waals surface area contributed by atoms with Gasteiger partial charge in [0.2, 0.25) is 12.3 Å². The second kappa shape index (κ2) is 12.0. The Hall–Kier alpha value is -2.94. The van der Waals surface area contributed by atoms with E-state index >= 15 is 0 Å². The third-order valence-electron chi connectivity index (χ3n) is 6.01. The summed E-state index contributed by atoms with van der Waals surface area (Å²) < 4.78 is 39.1. The number of aromatic nitrogens is 1. The summed E-state index contributed by atoms with van der Waals surface area (Å²) in [5.74, 6) is 0.0717. The molecule has 1 aromatic heterocycles. The summed E-state index contributed by atoms with van der Waals surface area (Å²) in [6.07, 6.45) is 0.684. The molecule has 3 rings (SSSR count). The lowest BCUT2D eigenvalue weighted by Crippen LogP contribution is -2.40. The van der Waals surface area contributed by atoms with Crippen LogP contribution in [-0.4, -0.2) is 41.8 Å². The van der Waals surface area contributed by atoms with Gasteiger partial charge in [0.1, 0.15) is 11.5 Å². The molecule has 184 valence electrons. The van der Waals surface area contributed by atoms with Crippen LogP contribution in [0.4, 0.5) is 24.7 Å². The maximum Gasteiger partial charge on any atom is 0.433 e. The van der Waals surface area contributed by atoms with Gasteiger partial charge in [-0.15, -0.1) is 0 Å². The molecule has 0 unspecified atom stereocenters. The van der Waals surface area contributed by atoms with Crippen molar-refractivity contribution in [3.8, 4) is 0 Å². The first kappa shape index (κ1) is 25.7. The molecular formula is C25H31F3N4O2. The van der Waals surface area contributed by atoms with E-state index in [9.17, 15) is 22.8 Å². The van der Waals surface area contributed by atoms with E-state index in [0.29, 0.717) is 18.6 Å². The average Bonchev–Trinajstić information content (AvgIpc) is 2.83. The van der Waals surface area contributed by atoms with Crippen LogP contribution in [-0.2, 0) is 22.3 Å². The van der Waals surface area contributed by atoms with E-state index in [-0.39, 0.29) is 17.6 Å². The monoisotopic (exact) mass is 476 g/mol. The molecule has 9 heteroatoms. The zero-order valence-electron chi connectivity index (χ0n) is 19.4. The van der Waals surface area contributed by atoms with E-state index in [1.165, 1.54) is 12.1 Å². The first-order valence-electron chi connectivity index (χ1n) is 11.7. The zero-order chi connectivity index (χ0) is 24.6. The normalized spacial score (nSPS) is 15.2. The Morgan fingerprint density at radius 3 is 2.59 bits per heavy atom. The number of halogens is 3. The molecule has 6 nitrogen and oxygen atoms in total. The van der Waals surface area contributed by atoms with E-state index in [2.05, 4.69) is 22.1 Å². The number of nitrogens with one attached hydrogen (secondary N) is 1. The molecule has 2 heterocycles. The largest absolute Gasteiger partial charge is 0.433 e. The van der Waals surface area contributed by atoms with Gasteiger partial charge in [-0.2, -0.15) is 13.2 Å². The van der Waals surface area contributed by atoms with Gasteiger partial charge in [-0.1, -0.05) is 38.0 Å². The van der Waals surface area contributed by atoms with Crippen LogP contribution in [0.25, 0.3) is 0 Å². The van der Waals surface area contributed by atoms with Gasteiger partial charge in [0.15, 0.2) is 0 Å². The quantitative estimate of drug-likeness (QED) is 0.391. The van der Waals surface area contributed by atoms with Crippen molar-refractivity contribution in [3.63, 3.8) is 0 Å². The summed E-state index contributed by atoms with van der Waals surface area (Å²) in [6.45, 7) is 5.05. The molecule has 34 heavy (non-hydrogen) atoms. The van der Waals surface area contributed by atoms with Crippen molar-refractivity contribution in [2.45, 2.75) is 51.7 Å². The minimum absolute atomic E-state index is 0.0294. The molecule has 1 aromatic carbocycles. The van der Waals surface area contributed by atoms with Gasteiger partial charge < -0.3 is 5.32 Å². The van der Waals surface area contributed by atoms with Crippen LogP contribution in [0.3, 0.4) is 0 Å². The Bertz CT molecular complexity index is 959. The highest BCUT2D eigenvalue weighted by Crippen LogP contribution is 2.31. The topological polar surface area (TPSA) is 65.5 Å². The first-order chi connectivity index (χ1) is 16.3. The summed E-state index contributed by atoms with van der Waals surface area (Å²) in [5, 5.41) is 3.03. The van der Waals surface area contributed by atoms with Crippen LogP contribution in [0.5, 0.6) is 0 Å². The van der Waals surface area contributed by atoms with Gasteiger partial charge in [-0.3, -0.25) is 19.4 Å². The van der Waals surface area contributed by atoms with E-state index in [1.807, 2.05) is 6.07 Å². The van der Waals surface area contributed by atoms with Crippen LogP contribution in [0.1, 0.15) is 50.3 Å². The van der Waals surface area contributed by atoms with Gasteiger partial charge in [0, 0.05) is 19.0 Å². The second-order valence-corrected chi connectivity index (χ2v) is 8.57. The fourth-order valence-electron chi connectivity index (χ4n) is 4.11. The molecule has 0 spiro atoms. The highest BCUT2D eigenvalue weighted by molar-refractivity contribution is 5.85. The Labute approximate surface area is 198 Å². The number of anilines is 2. The fraction of sp³-hybridized carbons (Fsp3) is 0.480. The average molecular weight is 477 g/mol. The predicted molar refractivity (Wildman–Crippen MR) is 124 cm³/mol. The Balaban J connectivity index is 1.60. The lowest BCUT2D eigenvalue weighted by atomic mass is 9.95. The minimum Gasteiger partial charge on any atom is -0.356 e. The number of hydrogen-bond donors (Lipinski definition) is 1. The number of hydrogen-bond acceptors (Lipinski definition) is 4. The van der Waals surface area contributed by atoms with Crippen molar-refractivity contribution < 1.29 is 22.8 Å². The third-order valence-corrected chi connectivity index (χ3v) is 6.01. The maximum atomic E-state index is 13.0. The number of carbonyl (C=O) groups is 2. The molecule has 2 aromatic rings. The number of rotatable bonds is 10. The highest BCUT2D eigenvalue weighted by atomic mass is 19.4. The molecule has 1 aliphatic heterocycles. The molecule has 0 saturated carbocycles. The number of carbonyl (C=O) groups excluding carboxylic acids is 2. The molecule has 2 amide bonds. The number of alkyl halides is 3. The lowest BCUT2D eigenvalue weighted by Gasteiger charge is -2.31. The SMILES string of the molecule is CCCCCNC(=O)C1CCN(Cc2cccc(N(C=O)c3cccc(C(F)(F)F)n3)c2)CC1. The Morgan fingerprint density at radius 2 is 1.91 bits per heavy atom. The number of nitrogens with zero attached hydrogens (tertiary/aromatic N) is 3. The maximum absolute atomic E-state index is 13.0. The third kappa shape index (κ3) is 7.03. The van der Waals surface area contributed by atoms with E-state index in [4.69, 9.17) is 0 Å². The first-order valence-corrected chi connectivity index (χ1v) is 11.7. The number of pyridine rings is 1. The number of unbranched alkanes of at least 4 members (excludes halogenated alkanes) is 2.